The standard InChI is InChI=1S/C8H14O2/c1-3-9-8(2)6-4-5-7-10-8/h5,7H,3-4,6H2,1-2H3. The van der Waals surface area contributed by atoms with Crippen molar-refractivity contribution in [1.82, 2.24) is 0 Å². The van der Waals surface area contributed by atoms with Gasteiger partial charge in [-0.15, -0.1) is 0 Å². The molecule has 1 heterocycles. The fourth-order valence-corrected chi connectivity index (χ4v) is 1.08. The van der Waals surface area contributed by atoms with Gasteiger partial charge in [-0.2, -0.15) is 0 Å². The van der Waals surface area contributed by atoms with Crippen molar-refractivity contribution < 1.29 is 9.47 Å². The molecular formula is C8H14O2. The van der Waals surface area contributed by atoms with Gasteiger partial charge in [0.2, 0.25) is 5.79 Å². The number of rotatable bonds is 2. The number of allylic oxidation sites excluding steroid dienone is 1. The maximum atomic E-state index is 5.40. The van der Waals surface area contributed by atoms with Crippen LogP contribution in [0.15, 0.2) is 12.3 Å². The molecule has 10 heavy (non-hydrogen) atoms. The van der Waals surface area contributed by atoms with Crippen LogP contribution in [-0.4, -0.2) is 12.4 Å². The van der Waals surface area contributed by atoms with Crippen molar-refractivity contribution in [2.75, 3.05) is 6.61 Å². The summed E-state index contributed by atoms with van der Waals surface area (Å²) in [7, 11) is 0. The Labute approximate surface area is 61.8 Å². The third-order valence-electron chi connectivity index (χ3n) is 1.63. The quantitative estimate of drug-likeness (QED) is 0.587. The van der Waals surface area contributed by atoms with Gasteiger partial charge < -0.3 is 9.47 Å². The monoisotopic (exact) mass is 142 g/mol. The first kappa shape index (κ1) is 7.61. The van der Waals surface area contributed by atoms with Crippen LogP contribution < -0.4 is 0 Å². The van der Waals surface area contributed by atoms with Gasteiger partial charge in [0, 0.05) is 20.0 Å². The Balaban J connectivity index is 2.43. The highest BCUT2D eigenvalue weighted by atomic mass is 16.7. The van der Waals surface area contributed by atoms with Gasteiger partial charge in [0.1, 0.15) is 0 Å². The maximum Gasteiger partial charge on any atom is 0.207 e. The lowest BCUT2D eigenvalue weighted by Gasteiger charge is -2.30. The number of hydrogen-bond acceptors (Lipinski definition) is 2. The third-order valence-corrected chi connectivity index (χ3v) is 1.63. The predicted molar refractivity (Wildman–Crippen MR) is 39.5 cm³/mol. The SMILES string of the molecule is CCOC1(C)CCC=CO1. The van der Waals surface area contributed by atoms with Crippen molar-refractivity contribution in [3.05, 3.63) is 12.3 Å². The molecule has 2 heteroatoms. The van der Waals surface area contributed by atoms with E-state index in [1.807, 2.05) is 19.9 Å². The molecule has 1 rings (SSSR count). The average Bonchev–Trinajstić information content (AvgIpc) is 1.89. The van der Waals surface area contributed by atoms with Crippen LogP contribution in [0.1, 0.15) is 26.7 Å². The van der Waals surface area contributed by atoms with E-state index < -0.39 is 0 Å². The minimum Gasteiger partial charge on any atom is -0.471 e. The highest BCUT2D eigenvalue weighted by molar-refractivity contribution is 4.84. The molecule has 0 fully saturated rings. The molecule has 58 valence electrons. The normalized spacial score (nSPS) is 31.8. The Kier molecular flexibility index (Phi) is 2.33. The van der Waals surface area contributed by atoms with Crippen LogP contribution in [-0.2, 0) is 9.47 Å². The van der Waals surface area contributed by atoms with Crippen molar-refractivity contribution in [3.63, 3.8) is 0 Å². The molecule has 1 atom stereocenters. The molecule has 0 aromatic heterocycles. The van der Waals surface area contributed by atoms with Crippen molar-refractivity contribution in [2.24, 2.45) is 0 Å². The van der Waals surface area contributed by atoms with Crippen molar-refractivity contribution in [3.8, 4) is 0 Å². The summed E-state index contributed by atoms with van der Waals surface area (Å²) in [6.07, 6.45) is 5.74. The molecule has 1 unspecified atom stereocenters. The van der Waals surface area contributed by atoms with Crippen LogP contribution >= 0.6 is 0 Å². The molecule has 0 aromatic rings. The minimum absolute atomic E-state index is 0.358. The molecule has 0 bridgehead atoms. The van der Waals surface area contributed by atoms with E-state index in [1.54, 1.807) is 6.26 Å². The van der Waals surface area contributed by atoms with Crippen LogP contribution in [0.4, 0.5) is 0 Å². The summed E-state index contributed by atoms with van der Waals surface area (Å²) < 4.78 is 10.7. The Hall–Kier alpha value is -0.500. The van der Waals surface area contributed by atoms with E-state index in [4.69, 9.17) is 9.47 Å². The van der Waals surface area contributed by atoms with E-state index in [2.05, 4.69) is 0 Å². The van der Waals surface area contributed by atoms with E-state index in [9.17, 15) is 0 Å². The van der Waals surface area contributed by atoms with Crippen LogP contribution in [0, 0.1) is 0 Å². The van der Waals surface area contributed by atoms with Crippen molar-refractivity contribution in [1.29, 1.82) is 0 Å². The predicted octanol–water partition coefficient (Wildman–Crippen LogP) is 2.06. The zero-order chi connectivity index (χ0) is 7.45. The summed E-state index contributed by atoms with van der Waals surface area (Å²) in [6, 6.07) is 0. The molecule has 0 radical (unpaired) electrons. The molecule has 0 aliphatic carbocycles. The molecule has 0 spiro atoms. The Morgan fingerprint density at radius 3 is 3.00 bits per heavy atom. The van der Waals surface area contributed by atoms with Gasteiger partial charge in [-0.25, -0.2) is 0 Å². The van der Waals surface area contributed by atoms with E-state index in [0.717, 1.165) is 12.8 Å². The van der Waals surface area contributed by atoms with Crippen molar-refractivity contribution >= 4 is 0 Å². The molecule has 2 nitrogen and oxygen atoms in total. The zero-order valence-corrected chi connectivity index (χ0v) is 6.59. The average molecular weight is 142 g/mol. The second-order valence-corrected chi connectivity index (χ2v) is 2.60. The summed E-state index contributed by atoms with van der Waals surface area (Å²) in [5.41, 5.74) is 0. The number of ether oxygens (including phenoxy) is 2. The van der Waals surface area contributed by atoms with Crippen LogP contribution in [0.5, 0.6) is 0 Å². The molecule has 0 aromatic carbocycles. The van der Waals surface area contributed by atoms with Crippen LogP contribution in [0.2, 0.25) is 0 Å². The van der Waals surface area contributed by atoms with Gasteiger partial charge in [-0.3, -0.25) is 0 Å². The number of hydrogen-bond donors (Lipinski definition) is 0. The fraction of sp³-hybridized carbons (Fsp3) is 0.750. The molecular weight excluding hydrogens is 128 g/mol. The Morgan fingerprint density at radius 2 is 2.50 bits per heavy atom. The third kappa shape index (κ3) is 1.74. The van der Waals surface area contributed by atoms with E-state index in [0.29, 0.717) is 6.61 Å². The molecule has 0 saturated carbocycles. The second kappa shape index (κ2) is 3.06. The first-order valence-electron chi connectivity index (χ1n) is 3.73. The van der Waals surface area contributed by atoms with Crippen LogP contribution in [0.3, 0.4) is 0 Å². The summed E-state index contributed by atoms with van der Waals surface area (Å²) in [5.74, 6) is -0.358. The van der Waals surface area contributed by atoms with Gasteiger partial charge in [-0.1, -0.05) is 0 Å². The minimum atomic E-state index is -0.358. The summed E-state index contributed by atoms with van der Waals surface area (Å²) >= 11 is 0. The summed E-state index contributed by atoms with van der Waals surface area (Å²) in [6.45, 7) is 4.66. The van der Waals surface area contributed by atoms with E-state index in [-0.39, 0.29) is 5.79 Å². The van der Waals surface area contributed by atoms with Crippen LogP contribution in [0.25, 0.3) is 0 Å². The Morgan fingerprint density at radius 1 is 1.70 bits per heavy atom. The van der Waals surface area contributed by atoms with Gasteiger partial charge >= 0.3 is 0 Å². The second-order valence-electron chi connectivity index (χ2n) is 2.60. The smallest absolute Gasteiger partial charge is 0.207 e. The van der Waals surface area contributed by atoms with E-state index >= 15 is 0 Å². The first-order chi connectivity index (χ1) is 4.77. The first-order valence-corrected chi connectivity index (χ1v) is 3.73. The summed E-state index contributed by atoms with van der Waals surface area (Å²) in [4.78, 5) is 0. The highest BCUT2D eigenvalue weighted by Crippen LogP contribution is 2.23. The molecule has 0 amide bonds. The van der Waals surface area contributed by atoms with Gasteiger partial charge in [0.25, 0.3) is 0 Å². The molecule has 1 aliphatic heterocycles. The highest BCUT2D eigenvalue weighted by Gasteiger charge is 2.25. The lowest BCUT2D eigenvalue weighted by Crippen LogP contribution is -2.31. The largest absolute Gasteiger partial charge is 0.471 e. The molecule has 0 N–H and O–H groups in total. The maximum absolute atomic E-state index is 5.40. The van der Waals surface area contributed by atoms with Gasteiger partial charge in [-0.05, 0) is 19.4 Å². The molecule has 0 saturated heterocycles. The van der Waals surface area contributed by atoms with Gasteiger partial charge in [0.15, 0.2) is 0 Å². The lowest BCUT2D eigenvalue weighted by molar-refractivity contribution is -0.200. The van der Waals surface area contributed by atoms with Crippen molar-refractivity contribution in [2.45, 2.75) is 32.5 Å². The fourth-order valence-electron chi connectivity index (χ4n) is 1.08. The zero-order valence-electron chi connectivity index (χ0n) is 6.59. The summed E-state index contributed by atoms with van der Waals surface area (Å²) in [5, 5.41) is 0. The van der Waals surface area contributed by atoms with Gasteiger partial charge in [0.05, 0.1) is 6.26 Å². The topological polar surface area (TPSA) is 18.5 Å². The van der Waals surface area contributed by atoms with E-state index in [1.165, 1.54) is 0 Å². The Bertz CT molecular complexity index is 131. The lowest BCUT2D eigenvalue weighted by atomic mass is 10.1. The molecule has 1 aliphatic rings.